The molecule has 0 radical (unpaired) electrons. The number of nitrogens with two attached hydrogens (primary N) is 1. The van der Waals surface area contributed by atoms with Crippen LogP contribution in [0.25, 0.3) is 0 Å². The zero-order valence-corrected chi connectivity index (χ0v) is 8.54. The topological polar surface area (TPSA) is 55.6 Å². The summed E-state index contributed by atoms with van der Waals surface area (Å²) in [7, 11) is 3.43. The largest absolute Gasteiger partial charge is 0.468 e. The van der Waals surface area contributed by atoms with E-state index in [9.17, 15) is 4.79 Å². The Morgan fingerprint density at radius 3 is 2.77 bits per heavy atom. The SMILES string of the molecule is COC(=O)C1(N)CCN(C)C(C)C1. The van der Waals surface area contributed by atoms with Crippen LogP contribution in [-0.2, 0) is 9.53 Å². The van der Waals surface area contributed by atoms with E-state index in [1.165, 1.54) is 7.11 Å². The summed E-state index contributed by atoms with van der Waals surface area (Å²) in [5.74, 6) is -0.285. The Bertz CT molecular complexity index is 208. The van der Waals surface area contributed by atoms with Crippen LogP contribution in [0.4, 0.5) is 0 Å². The van der Waals surface area contributed by atoms with Gasteiger partial charge in [-0.25, -0.2) is 0 Å². The van der Waals surface area contributed by atoms with Crippen molar-refractivity contribution >= 4 is 5.97 Å². The fraction of sp³-hybridized carbons (Fsp3) is 0.889. The van der Waals surface area contributed by atoms with Gasteiger partial charge >= 0.3 is 5.97 Å². The Labute approximate surface area is 79.0 Å². The number of methoxy groups -OCH3 is 1. The summed E-state index contributed by atoms with van der Waals surface area (Å²) in [4.78, 5) is 13.6. The average Bonchev–Trinajstić information content (AvgIpc) is 2.11. The normalized spacial score (nSPS) is 35.8. The molecule has 1 aliphatic heterocycles. The molecule has 13 heavy (non-hydrogen) atoms. The molecule has 76 valence electrons. The van der Waals surface area contributed by atoms with Crippen molar-refractivity contribution in [1.82, 2.24) is 4.90 Å². The first-order valence-corrected chi connectivity index (χ1v) is 4.57. The summed E-state index contributed by atoms with van der Waals surface area (Å²) >= 11 is 0. The molecule has 0 aliphatic carbocycles. The van der Waals surface area contributed by atoms with Crippen LogP contribution in [0.2, 0.25) is 0 Å². The van der Waals surface area contributed by atoms with Gasteiger partial charge in [-0.1, -0.05) is 0 Å². The molecule has 2 atom stereocenters. The molecule has 4 heteroatoms. The van der Waals surface area contributed by atoms with E-state index in [-0.39, 0.29) is 5.97 Å². The van der Waals surface area contributed by atoms with Crippen LogP contribution in [0.15, 0.2) is 0 Å². The maximum absolute atomic E-state index is 11.4. The molecule has 0 bridgehead atoms. The van der Waals surface area contributed by atoms with Crippen LogP contribution < -0.4 is 5.73 Å². The molecule has 0 saturated carbocycles. The van der Waals surface area contributed by atoms with Crippen molar-refractivity contribution in [3.8, 4) is 0 Å². The van der Waals surface area contributed by atoms with E-state index in [0.29, 0.717) is 18.9 Å². The predicted octanol–water partition coefficient (Wildman–Crippen LogP) is -0.0290. The molecular weight excluding hydrogens is 168 g/mol. The van der Waals surface area contributed by atoms with Crippen LogP contribution in [0.5, 0.6) is 0 Å². The second kappa shape index (κ2) is 3.64. The monoisotopic (exact) mass is 186 g/mol. The summed E-state index contributed by atoms with van der Waals surface area (Å²) in [6.45, 7) is 2.93. The highest BCUT2D eigenvalue weighted by molar-refractivity contribution is 5.80. The molecule has 1 fully saturated rings. The van der Waals surface area contributed by atoms with Gasteiger partial charge in [-0.05, 0) is 26.8 Å². The number of likely N-dealkylation sites (tertiary alicyclic amines) is 1. The molecule has 1 aliphatic rings. The van der Waals surface area contributed by atoms with Crippen molar-refractivity contribution in [2.75, 3.05) is 20.7 Å². The molecule has 1 heterocycles. The van der Waals surface area contributed by atoms with Crippen molar-refractivity contribution in [3.05, 3.63) is 0 Å². The van der Waals surface area contributed by atoms with E-state index < -0.39 is 5.54 Å². The van der Waals surface area contributed by atoms with Crippen molar-refractivity contribution in [3.63, 3.8) is 0 Å². The Kier molecular flexibility index (Phi) is 2.93. The molecular formula is C9H18N2O2. The van der Waals surface area contributed by atoms with Gasteiger partial charge in [-0.15, -0.1) is 0 Å². The third-order valence-corrected chi connectivity index (χ3v) is 2.91. The highest BCUT2D eigenvalue weighted by atomic mass is 16.5. The van der Waals surface area contributed by atoms with E-state index in [1.807, 2.05) is 7.05 Å². The number of nitrogens with zero attached hydrogens (tertiary/aromatic N) is 1. The molecule has 0 aromatic carbocycles. The standard InChI is InChI=1S/C9H18N2O2/c1-7-6-9(10,8(12)13-3)4-5-11(7)2/h7H,4-6,10H2,1-3H3. The Hall–Kier alpha value is -0.610. The summed E-state index contributed by atoms with van der Waals surface area (Å²) in [6.07, 6.45) is 1.36. The summed E-state index contributed by atoms with van der Waals surface area (Å²) < 4.78 is 4.69. The van der Waals surface area contributed by atoms with E-state index in [1.54, 1.807) is 0 Å². The minimum Gasteiger partial charge on any atom is -0.468 e. The van der Waals surface area contributed by atoms with Crippen LogP contribution in [0.3, 0.4) is 0 Å². The van der Waals surface area contributed by atoms with E-state index in [2.05, 4.69) is 11.8 Å². The van der Waals surface area contributed by atoms with Crippen molar-refractivity contribution in [2.45, 2.75) is 31.3 Å². The first-order chi connectivity index (χ1) is 5.99. The fourth-order valence-corrected chi connectivity index (χ4v) is 1.77. The lowest BCUT2D eigenvalue weighted by molar-refractivity contribution is -0.149. The fourth-order valence-electron chi connectivity index (χ4n) is 1.77. The molecule has 2 unspecified atom stereocenters. The lowest BCUT2D eigenvalue weighted by Crippen LogP contribution is -2.58. The van der Waals surface area contributed by atoms with E-state index in [0.717, 1.165) is 6.54 Å². The predicted molar refractivity (Wildman–Crippen MR) is 50.3 cm³/mol. The van der Waals surface area contributed by atoms with Gasteiger partial charge in [0, 0.05) is 12.6 Å². The van der Waals surface area contributed by atoms with Crippen LogP contribution in [-0.4, -0.2) is 43.2 Å². The number of rotatable bonds is 1. The lowest BCUT2D eigenvalue weighted by Gasteiger charge is -2.39. The van der Waals surface area contributed by atoms with Gasteiger partial charge in [0.05, 0.1) is 7.11 Å². The second-order valence-corrected chi connectivity index (χ2v) is 3.93. The molecule has 1 rings (SSSR count). The molecule has 0 amide bonds. The minimum absolute atomic E-state index is 0.285. The number of carbonyl (C=O) groups is 1. The molecule has 0 aromatic heterocycles. The van der Waals surface area contributed by atoms with Crippen LogP contribution in [0.1, 0.15) is 19.8 Å². The lowest BCUT2D eigenvalue weighted by atomic mass is 9.85. The maximum Gasteiger partial charge on any atom is 0.325 e. The number of carbonyl (C=O) groups excluding carboxylic acids is 1. The maximum atomic E-state index is 11.4. The average molecular weight is 186 g/mol. The minimum atomic E-state index is -0.763. The molecule has 1 saturated heterocycles. The third-order valence-electron chi connectivity index (χ3n) is 2.91. The zero-order valence-electron chi connectivity index (χ0n) is 8.54. The molecule has 4 nitrogen and oxygen atoms in total. The quantitative estimate of drug-likeness (QED) is 0.584. The van der Waals surface area contributed by atoms with Gasteiger partial charge in [-0.2, -0.15) is 0 Å². The molecule has 0 aromatic rings. The summed E-state index contributed by atoms with van der Waals surface area (Å²) in [5, 5.41) is 0. The second-order valence-electron chi connectivity index (χ2n) is 3.93. The number of hydrogen-bond donors (Lipinski definition) is 1. The van der Waals surface area contributed by atoms with Gasteiger partial charge in [0.25, 0.3) is 0 Å². The smallest absolute Gasteiger partial charge is 0.325 e. The Balaban J connectivity index is 2.66. The summed E-state index contributed by atoms with van der Waals surface area (Å²) in [5.41, 5.74) is 5.20. The van der Waals surface area contributed by atoms with Gasteiger partial charge in [-0.3, -0.25) is 4.79 Å². The summed E-state index contributed by atoms with van der Waals surface area (Å²) in [6, 6.07) is 0.345. The van der Waals surface area contributed by atoms with Crippen molar-refractivity contribution < 1.29 is 9.53 Å². The number of ether oxygens (including phenoxy) is 1. The number of esters is 1. The van der Waals surface area contributed by atoms with Crippen LogP contribution >= 0.6 is 0 Å². The first-order valence-electron chi connectivity index (χ1n) is 4.57. The first kappa shape index (κ1) is 10.5. The van der Waals surface area contributed by atoms with Crippen molar-refractivity contribution in [1.29, 1.82) is 0 Å². The van der Waals surface area contributed by atoms with E-state index in [4.69, 9.17) is 10.5 Å². The number of piperidine rings is 1. The van der Waals surface area contributed by atoms with E-state index >= 15 is 0 Å². The van der Waals surface area contributed by atoms with Crippen molar-refractivity contribution in [2.24, 2.45) is 5.73 Å². The Morgan fingerprint density at radius 2 is 2.31 bits per heavy atom. The molecule has 2 N–H and O–H groups in total. The zero-order chi connectivity index (χ0) is 10.1. The highest BCUT2D eigenvalue weighted by Gasteiger charge is 2.40. The third kappa shape index (κ3) is 2.00. The van der Waals surface area contributed by atoms with Crippen LogP contribution in [0, 0.1) is 0 Å². The highest BCUT2D eigenvalue weighted by Crippen LogP contribution is 2.24. The van der Waals surface area contributed by atoms with Gasteiger partial charge in [0.1, 0.15) is 5.54 Å². The number of hydrogen-bond acceptors (Lipinski definition) is 4. The van der Waals surface area contributed by atoms with Gasteiger partial charge in [0.2, 0.25) is 0 Å². The molecule has 0 spiro atoms. The van der Waals surface area contributed by atoms with Gasteiger partial charge < -0.3 is 15.4 Å². The van der Waals surface area contributed by atoms with Gasteiger partial charge in [0.15, 0.2) is 0 Å². The Morgan fingerprint density at radius 1 is 1.69 bits per heavy atom.